The first-order chi connectivity index (χ1) is 7.42. The first-order valence-corrected chi connectivity index (χ1v) is 5.23. The van der Waals surface area contributed by atoms with Gasteiger partial charge in [0, 0.05) is 19.5 Å². The summed E-state index contributed by atoms with van der Waals surface area (Å²) in [5, 5.41) is 3.27. The van der Waals surface area contributed by atoms with E-state index in [1.807, 2.05) is 6.07 Å². The van der Waals surface area contributed by atoms with Gasteiger partial charge in [-0.3, -0.25) is 0 Å². The fourth-order valence-corrected chi connectivity index (χ4v) is 1.98. The molecule has 0 bridgehead atoms. The Kier molecular flexibility index (Phi) is 2.03. The minimum atomic E-state index is 0.897. The van der Waals surface area contributed by atoms with Crippen LogP contribution in [0, 0.1) is 0 Å². The van der Waals surface area contributed by atoms with Gasteiger partial charge in [-0.1, -0.05) is 30.3 Å². The Morgan fingerprint density at radius 1 is 1.13 bits per heavy atom. The highest BCUT2D eigenvalue weighted by Gasteiger charge is 2.14. The van der Waals surface area contributed by atoms with Crippen molar-refractivity contribution >= 4 is 0 Å². The van der Waals surface area contributed by atoms with E-state index in [-0.39, 0.29) is 0 Å². The van der Waals surface area contributed by atoms with Crippen molar-refractivity contribution in [2.45, 2.75) is 19.5 Å². The lowest BCUT2D eigenvalue weighted by Crippen LogP contribution is -2.03. The maximum atomic E-state index is 4.57. The molecule has 1 aromatic carbocycles. The fourth-order valence-electron chi connectivity index (χ4n) is 1.98. The molecule has 2 heterocycles. The smallest absolute Gasteiger partial charge is 0.111 e. The molecule has 1 aromatic heterocycles. The molecule has 0 atom stereocenters. The van der Waals surface area contributed by atoms with Crippen LogP contribution in [0.25, 0.3) is 0 Å². The summed E-state index contributed by atoms with van der Waals surface area (Å²) in [6.45, 7) is 1.83. The van der Waals surface area contributed by atoms with Crippen molar-refractivity contribution in [3.8, 4) is 0 Å². The van der Waals surface area contributed by atoms with Crippen LogP contribution in [0.5, 0.6) is 0 Å². The summed E-state index contributed by atoms with van der Waals surface area (Å²) in [5.41, 5.74) is 3.74. The van der Waals surface area contributed by atoms with Crippen LogP contribution in [0.1, 0.15) is 22.8 Å². The molecule has 0 fully saturated rings. The van der Waals surface area contributed by atoms with Crippen molar-refractivity contribution in [2.75, 3.05) is 0 Å². The zero-order valence-corrected chi connectivity index (χ0v) is 8.46. The lowest BCUT2D eigenvalue weighted by atomic mass is 10.1. The number of imidazole rings is 1. The summed E-state index contributed by atoms with van der Waals surface area (Å²) in [4.78, 5) is 7.94. The van der Waals surface area contributed by atoms with E-state index in [1.165, 1.54) is 17.0 Å². The van der Waals surface area contributed by atoms with Crippen LogP contribution in [0.15, 0.2) is 30.3 Å². The van der Waals surface area contributed by atoms with Gasteiger partial charge in [0.05, 0.1) is 11.4 Å². The Balaban J connectivity index is 1.83. The predicted octanol–water partition coefficient (Wildman–Crippen LogP) is 1.60. The van der Waals surface area contributed by atoms with E-state index >= 15 is 0 Å². The molecule has 3 heteroatoms. The highest BCUT2D eigenvalue weighted by atomic mass is 15.0. The number of benzene rings is 1. The van der Waals surface area contributed by atoms with Crippen LogP contribution in [0.3, 0.4) is 0 Å². The number of nitrogens with zero attached hydrogens (tertiary/aromatic N) is 1. The van der Waals surface area contributed by atoms with Gasteiger partial charge in [-0.15, -0.1) is 0 Å². The molecule has 0 radical (unpaired) electrons. The van der Waals surface area contributed by atoms with Gasteiger partial charge >= 0.3 is 0 Å². The second kappa shape index (κ2) is 3.51. The Bertz CT molecular complexity index is 437. The molecule has 2 N–H and O–H groups in total. The number of aromatic nitrogens is 2. The molecule has 0 unspecified atom stereocenters. The second-order valence-electron chi connectivity index (χ2n) is 3.87. The van der Waals surface area contributed by atoms with Crippen molar-refractivity contribution in [1.29, 1.82) is 0 Å². The SMILES string of the molecule is c1ccc(Cc2nc3c([nH]2)CNC3)cc1. The summed E-state index contributed by atoms with van der Waals surface area (Å²) in [6.07, 6.45) is 0.897. The normalized spacial score (nSPS) is 14.1. The summed E-state index contributed by atoms with van der Waals surface area (Å²) in [6, 6.07) is 10.4. The van der Waals surface area contributed by atoms with E-state index in [0.717, 1.165) is 25.3 Å². The predicted molar refractivity (Wildman–Crippen MR) is 58.4 cm³/mol. The molecule has 3 nitrogen and oxygen atoms in total. The van der Waals surface area contributed by atoms with Crippen LogP contribution in [0.4, 0.5) is 0 Å². The van der Waals surface area contributed by atoms with E-state index in [9.17, 15) is 0 Å². The Morgan fingerprint density at radius 2 is 2.00 bits per heavy atom. The molecule has 0 spiro atoms. The van der Waals surface area contributed by atoms with Gasteiger partial charge in [-0.05, 0) is 5.56 Å². The van der Waals surface area contributed by atoms with E-state index < -0.39 is 0 Å². The third-order valence-corrected chi connectivity index (χ3v) is 2.72. The van der Waals surface area contributed by atoms with Gasteiger partial charge in [0.1, 0.15) is 5.82 Å². The van der Waals surface area contributed by atoms with Gasteiger partial charge < -0.3 is 10.3 Å². The molecule has 1 aliphatic rings. The van der Waals surface area contributed by atoms with Gasteiger partial charge in [0.15, 0.2) is 0 Å². The molecule has 0 saturated heterocycles. The van der Waals surface area contributed by atoms with Crippen LogP contribution >= 0.6 is 0 Å². The Labute approximate surface area is 88.6 Å². The highest BCUT2D eigenvalue weighted by Crippen LogP contribution is 2.14. The van der Waals surface area contributed by atoms with E-state index in [1.54, 1.807) is 0 Å². The maximum absolute atomic E-state index is 4.57. The minimum absolute atomic E-state index is 0.897. The van der Waals surface area contributed by atoms with E-state index in [0.29, 0.717) is 0 Å². The third-order valence-electron chi connectivity index (χ3n) is 2.72. The maximum Gasteiger partial charge on any atom is 0.111 e. The van der Waals surface area contributed by atoms with Crippen molar-refractivity contribution in [3.63, 3.8) is 0 Å². The number of fused-ring (bicyclic) bond motifs is 1. The Morgan fingerprint density at radius 3 is 2.80 bits per heavy atom. The largest absolute Gasteiger partial charge is 0.344 e. The molecule has 3 rings (SSSR count). The first kappa shape index (κ1) is 8.68. The number of aromatic amines is 1. The molecular weight excluding hydrogens is 186 g/mol. The summed E-state index contributed by atoms with van der Waals surface area (Å²) in [5.74, 6) is 1.08. The van der Waals surface area contributed by atoms with Gasteiger partial charge in [0.25, 0.3) is 0 Å². The van der Waals surface area contributed by atoms with E-state index in [2.05, 4.69) is 39.6 Å². The van der Waals surface area contributed by atoms with Crippen molar-refractivity contribution < 1.29 is 0 Å². The second-order valence-corrected chi connectivity index (χ2v) is 3.87. The highest BCUT2D eigenvalue weighted by molar-refractivity contribution is 5.23. The molecule has 0 aliphatic carbocycles. The quantitative estimate of drug-likeness (QED) is 0.771. The average Bonchev–Trinajstić information content (AvgIpc) is 2.79. The molecule has 15 heavy (non-hydrogen) atoms. The van der Waals surface area contributed by atoms with Gasteiger partial charge in [-0.2, -0.15) is 0 Å². The van der Waals surface area contributed by atoms with Crippen molar-refractivity contribution in [3.05, 3.63) is 53.1 Å². The van der Waals surface area contributed by atoms with Crippen LogP contribution in [0.2, 0.25) is 0 Å². The molecule has 2 aromatic rings. The van der Waals surface area contributed by atoms with Gasteiger partial charge in [-0.25, -0.2) is 4.98 Å². The summed E-state index contributed by atoms with van der Waals surface area (Å²) < 4.78 is 0. The number of hydrogen-bond acceptors (Lipinski definition) is 2. The van der Waals surface area contributed by atoms with Crippen LogP contribution < -0.4 is 5.32 Å². The zero-order chi connectivity index (χ0) is 10.1. The van der Waals surface area contributed by atoms with Crippen LogP contribution in [-0.2, 0) is 19.5 Å². The lowest BCUT2D eigenvalue weighted by Gasteiger charge is -1.97. The summed E-state index contributed by atoms with van der Waals surface area (Å²) >= 11 is 0. The molecule has 0 amide bonds. The average molecular weight is 199 g/mol. The first-order valence-electron chi connectivity index (χ1n) is 5.23. The van der Waals surface area contributed by atoms with Crippen molar-refractivity contribution in [1.82, 2.24) is 15.3 Å². The topological polar surface area (TPSA) is 40.7 Å². The summed E-state index contributed by atoms with van der Waals surface area (Å²) in [7, 11) is 0. The monoisotopic (exact) mass is 199 g/mol. The number of H-pyrrole nitrogens is 1. The standard InChI is InChI=1S/C12H13N3/c1-2-4-9(5-3-1)6-12-14-10-7-13-8-11(10)15-12/h1-5,13H,6-8H2,(H,14,15). The zero-order valence-electron chi connectivity index (χ0n) is 8.46. The van der Waals surface area contributed by atoms with Crippen LogP contribution in [-0.4, -0.2) is 9.97 Å². The third kappa shape index (κ3) is 1.66. The molecule has 1 aliphatic heterocycles. The number of rotatable bonds is 2. The minimum Gasteiger partial charge on any atom is -0.344 e. The number of nitrogens with one attached hydrogen (secondary N) is 2. The molecule has 76 valence electrons. The molecular formula is C12H13N3. The van der Waals surface area contributed by atoms with Gasteiger partial charge in [0.2, 0.25) is 0 Å². The fraction of sp³-hybridized carbons (Fsp3) is 0.250. The Hall–Kier alpha value is -1.61. The molecule has 0 saturated carbocycles. The van der Waals surface area contributed by atoms with E-state index in [4.69, 9.17) is 0 Å². The van der Waals surface area contributed by atoms with Crippen molar-refractivity contribution in [2.24, 2.45) is 0 Å². The number of hydrogen-bond donors (Lipinski definition) is 2. The lowest BCUT2D eigenvalue weighted by molar-refractivity contribution is 0.736.